The van der Waals surface area contributed by atoms with E-state index in [0.717, 1.165) is 53.6 Å². The molecule has 160 valence electrons. The van der Waals surface area contributed by atoms with Crippen LogP contribution in [0.15, 0.2) is 60.7 Å². The molecular weight excluding hydrogens is 392 g/mol. The maximum Gasteiger partial charge on any atom is 0.356 e. The number of pyridine rings is 1. The van der Waals surface area contributed by atoms with Gasteiger partial charge in [0.1, 0.15) is 12.4 Å². The highest BCUT2D eigenvalue weighted by molar-refractivity contribution is 5.80. The Morgan fingerprint density at radius 1 is 1.10 bits per heavy atom. The van der Waals surface area contributed by atoms with Crippen LogP contribution in [0.2, 0.25) is 0 Å². The molecule has 2 heterocycles. The number of aromatic nitrogens is 1. The van der Waals surface area contributed by atoms with E-state index in [1.807, 2.05) is 60.7 Å². The molecule has 0 radical (unpaired) electrons. The number of carboxylic acid groups (broad SMARTS) is 1. The van der Waals surface area contributed by atoms with Crippen LogP contribution in [-0.4, -0.2) is 21.8 Å². The zero-order valence-corrected chi connectivity index (χ0v) is 17.3. The lowest BCUT2D eigenvalue weighted by atomic mass is 9.72. The van der Waals surface area contributed by atoms with Crippen molar-refractivity contribution in [2.75, 3.05) is 0 Å². The van der Waals surface area contributed by atoms with Crippen molar-refractivity contribution in [3.05, 3.63) is 71.9 Å². The number of fused-ring (bicyclic) bond motifs is 1. The molecule has 2 atom stereocenters. The van der Waals surface area contributed by atoms with E-state index < -0.39 is 11.7 Å². The first-order valence-electron chi connectivity index (χ1n) is 10.9. The smallest absolute Gasteiger partial charge is 0.356 e. The second-order valence-corrected chi connectivity index (χ2v) is 8.47. The molecule has 2 aromatic carbocycles. The van der Waals surface area contributed by atoms with Crippen LogP contribution in [0.4, 0.5) is 0 Å². The molecule has 0 amide bonds. The summed E-state index contributed by atoms with van der Waals surface area (Å²) in [7, 11) is 0. The molecule has 2 unspecified atom stereocenters. The lowest BCUT2D eigenvalue weighted by Crippen LogP contribution is -2.39. The summed E-state index contributed by atoms with van der Waals surface area (Å²) >= 11 is 0. The lowest BCUT2D eigenvalue weighted by Gasteiger charge is -2.32. The van der Waals surface area contributed by atoms with Crippen LogP contribution < -0.4 is 10.2 Å². The Balaban J connectivity index is 1.32. The SMILES string of the molecule is O=C(O)C1(C(c2ccc(OCc3ccc4ccccc4n3)cc2)C2CCCCC2)NO1. The van der Waals surface area contributed by atoms with E-state index >= 15 is 0 Å². The summed E-state index contributed by atoms with van der Waals surface area (Å²) < 4.78 is 5.94. The number of carboxylic acids is 1. The summed E-state index contributed by atoms with van der Waals surface area (Å²) in [5.41, 5.74) is 4.16. The van der Waals surface area contributed by atoms with Gasteiger partial charge in [0.15, 0.2) is 0 Å². The first-order valence-corrected chi connectivity index (χ1v) is 10.9. The van der Waals surface area contributed by atoms with Gasteiger partial charge in [-0.25, -0.2) is 9.78 Å². The number of hydrogen-bond donors (Lipinski definition) is 2. The van der Waals surface area contributed by atoms with Gasteiger partial charge >= 0.3 is 5.97 Å². The fourth-order valence-corrected chi connectivity index (χ4v) is 4.83. The number of ether oxygens (including phenoxy) is 1. The average molecular weight is 418 g/mol. The van der Waals surface area contributed by atoms with Gasteiger partial charge in [-0.15, -0.1) is 0 Å². The summed E-state index contributed by atoms with van der Waals surface area (Å²) in [5.74, 6) is -0.157. The van der Waals surface area contributed by atoms with Crippen molar-refractivity contribution in [2.24, 2.45) is 5.92 Å². The molecular formula is C25H26N2O4. The third-order valence-electron chi connectivity index (χ3n) is 6.48. The van der Waals surface area contributed by atoms with Crippen molar-refractivity contribution in [3.8, 4) is 5.75 Å². The van der Waals surface area contributed by atoms with E-state index in [9.17, 15) is 9.90 Å². The molecule has 5 rings (SSSR count). The molecule has 3 aromatic rings. The van der Waals surface area contributed by atoms with Gasteiger partial charge in [-0.05, 0) is 48.6 Å². The number of hydrogen-bond acceptors (Lipinski definition) is 5. The van der Waals surface area contributed by atoms with E-state index in [1.54, 1.807) is 0 Å². The molecule has 0 spiro atoms. The standard InChI is InChI=1S/C25H26N2O4/c28-24(29)25(27-31-25)23(18-7-2-1-3-8-18)19-11-14-21(15-12-19)30-16-20-13-10-17-6-4-5-9-22(17)26-20/h4-6,9-15,18,23,27H,1-3,7-8,16H2,(H,28,29). The Labute approximate surface area is 181 Å². The molecule has 0 bridgehead atoms. The highest BCUT2D eigenvalue weighted by atomic mass is 16.8. The number of hydroxylamine groups is 1. The van der Waals surface area contributed by atoms with E-state index in [0.29, 0.717) is 6.61 Å². The largest absolute Gasteiger partial charge is 0.487 e. The normalized spacial score (nSPS) is 22.2. The Hall–Kier alpha value is -2.96. The average Bonchev–Trinajstić information content (AvgIpc) is 3.61. The molecule has 1 aliphatic carbocycles. The van der Waals surface area contributed by atoms with Crippen molar-refractivity contribution in [1.29, 1.82) is 0 Å². The predicted molar refractivity (Wildman–Crippen MR) is 116 cm³/mol. The predicted octanol–water partition coefficient (Wildman–Crippen LogP) is 4.79. The molecule has 2 fully saturated rings. The van der Waals surface area contributed by atoms with Crippen LogP contribution in [0.25, 0.3) is 10.9 Å². The molecule has 6 heteroatoms. The van der Waals surface area contributed by atoms with Gasteiger partial charge in [0.25, 0.3) is 5.72 Å². The highest BCUT2D eigenvalue weighted by Crippen LogP contribution is 2.47. The maximum atomic E-state index is 11.9. The second kappa shape index (κ2) is 8.29. The molecule has 1 saturated heterocycles. The van der Waals surface area contributed by atoms with Crippen molar-refractivity contribution < 1.29 is 19.5 Å². The van der Waals surface area contributed by atoms with Crippen LogP contribution in [0, 0.1) is 5.92 Å². The zero-order valence-electron chi connectivity index (χ0n) is 17.3. The van der Waals surface area contributed by atoms with Crippen LogP contribution in [0.1, 0.15) is 49.3 Å². The minimum absolute atomic E-state index is 0.221. The fourth-order valence-electron chi connectivity index (χ4n) is 4.83. The molecule has 31 heavy (non-hydrogen) atoms. The van der Waals surface area contributed by atoms with E-state index in [1.165, 1.54) is 6.42 Å². The third-order valence-corrected chi connectivity index (χ3v) is 6.48. The van der Waals surface area contributed by atoms with Gasteiger partial charge in [-0.3, -0.25) is 4.84 Å². The molecule has 1 saturated carbocycles. The highest BCUT2D eigenvalue weighted by Gasteiger charge is 2.61. The number of para-hydroxylation sites is 1. The van der Waals surface area contributed by atoms with Gasteiger partial charge in [-0.1, -0.05) is 55.7 Å². The first-order chi connectivity index (χ1) is 15.2. The first kappa shape index (κ1) is 20.0. The van der Waals surface area contributed by atoms with Crippen molar-refractivity contribution in [1.82, 2.24) is 10.5 Å². The molecule has 2 N–H and O–H groups in total. The van der Waals surface area contributed by atoms with Gasteiger partial charge < -0.3 is 9.84 Å². The van der Waals surface area contributed by atoms with E-state index in [2.05, 4.69) is 10.5 Å². The summed E-state index contributed by atoms with van der Waals surface area (Å²) in [6.45, 7) is 0.375. The van der Waals surface area contributed by atoms with Gasteiger partial charge in [-0.2, -0.15) is 5.48 Å². The van der Waals surface area contributed by atoms with E-state index in [-0.39, 0.29) is 11.8 Å². The monoisotopic (exact) mass is 418 g/mol. The Morgan fingerprint density at radius 2 is 1.84 bits per heavy atom. The zero-order chi connectivity index (χ0) is 21.3. The number of aliphatic carboxylic acids is 1. The van der Waals surface area contributed by atoms with Crippen LogP contribution in [-0.2, 0) is 16.2 Å². The Kier molecular flexibility index (Phi) is 5.34. The Morgan fingerprint density at radius 3 is 2.55 bits per heavy atom. The van der Waals surface area contributed by atoms with E-state index in [4.69, 9.17) is 9.57 Å². The number of nitrogens with one attached hydrogen (secondary N) is 1. The van der Waals surface area contributed by atoms with Crippen LogP contribution in [0.3, 0.4) is 0 Å². The van der Waals surface area contributed by atoms with Crippen molar-refractivity contribution >= 4 is 16.9 Å². The topological polar surface area (TPSA) is 93.9 Å². The lowest BCUT2D eigenvalue weighted by molar-refractivity contribution is -0.145. The third kappa shape index (κ3) is 4.01. The Bertz CT molecular complexity index is 1070. The van der Waals surface area contributed by atoms with Crippen molar-refractivity contribution in [3.63, 3.8) is 0 Å². The van der Waals surface area contributed by atoms with Gasteiger partial charge in [0, 0.05) is 11.3 Å². The second-order valence-electron chi connectivity index (χ2n) is 8.47. The molecule has 6 nitrogen and oxygen atoms in total. The van der Waals surface area contributed by atoms with Crippen LogP contribution in [0.5, 0.6) is 5.75 Å². The summed E-state index contributed by atoms with van der Waals surface area (Å²) in [6, 6.07) is 19.8. The fraction of sp³-hybridized carbons (Fsp3) is 0.360. The quantitative estimate of drug-likeness (QED) is 0.536. The molecule has 1 aliphatic heterocycles. The summed E-state index contributed by atoms with van der Waals surface area (Å²) in [4.78, 5) is 21.9. The van der Waals surface area contributed by atoms with Crippen molar-refractivity contribution in [2.45, 2.75) is 50.4 Å². The summed E-state index contributed by atoms with van der Waals surface area (Å²) in [5, 5.41) is 10.9. The number of nitrogens with zero attached hydrogens (tertiary/aromatic N) is 1. The minimum atomic E-state index is -1.31. The van der Waals surface area contributed by atoms with Gasteiger partial charge in [0.05, 0.1) is 11.2 Å². The maximum absolute atomic E-state index is 11.9. The number of carbonyl (C=O) groups is 1. The minimum Gasteiger partial charge on any atom is -0.487 e. The molecule has 1 aromatic heterocycles. The number of benzene rings is 2. The van der Waals surface area contributed by atoms with Gasteiger partial charge in [0.2, 0.25) is 0 Å². The molecule has 2 aliphatic rings. The summed E-state index contributed by atoms with van der Waals surface area (Å²) in [6.07, 6.45) is 5.54. The number of rotatable bonds is 7. The van der Waals surface area contributed by atoms with Crippen LogP contribution >= 0.6 is 0 Å².